The summed E-state index contributed by atoms with van der Waals surface area (Å²) in [5.74, 6) is 0. The van der Waals surface area contributed by atoms with E-state index in [9.17, 15) is 0 Å². The van der Waals surface area contributed by atoms with Gasteiger partial charge in [-0.2, -0.15) is 0 Å². The minimum atomic E-state index is 0.720. The second kappa shape index (κ2) is 3.24. The quantitative estimate of drug-likeness (QED) is 0.687. The minimum Gasteiger partial charge on any atom is -0.358 e. The average molecular weight is 199 g/mol. The lowest BCUT2D eigenvalue weighted by atomic mass is 10.2. The van der Waals surface area contributed by atoms with Gasteiger partial charge in [0.25, 0.3) is 0 Å². The highest BCUT2D eigenvalue weighted by atomic mass is 16.5. The Morgan fingerprint density at radius 3 is 3.00 bits per heavy atom. The molecule has 0 unspecified atom stereocenters. The number of rotatable bonds is 2. The predicted octanol–water partition coefficient (Wildman–Crippen LogP) is 2.14. The predicted molar refractivity (Wildman–Crippen MR) is 55.4 cm³/mol. The summed E-state index contributed by atoms with van der Waals surface area (Å²) in [5, 5.41) is 8.49. The fourth-order valence-corrected chi connectivity index (χ4v) is 1.68. The molecular formula is C11H9N3O. The van der Waals surface area contributed by atoms with E-state index in [1.165, 1.54) is 5.39 Å². The molecule has 15 heavy (non-hydrogen) atoms. The topological polar surface area (TPSA) is 54.7 Å². The molecule has 1 N–H and O–H groups in total. The largest absolute Gasteiger partial charge is 0.358 e. The Labute approximate surface area is 85.9 Å². The van der Waals surface area contributed by atoms with Crippen LogP contribution in [0.15, 0.2) is 41.1 Å². The van der Waals surface area contributed by atoms with Gasteiger partial charge in [0.15, 0.2) is 0 Å². The molecule has 0 aliphatic rings. The highest BCUT2D eigenvalue weighted by Gasteiger charge is 2.03. The Morgan fingerprint density at radius 1 is 1.27 bits per heavy atom. The van der Waals surface area contributed by atoms with E-state index >= 15 is 0 Å². The van der Waals surface area contributed by atoms with Gasteiger partial charge in [0.2, 0.25) is 0 Å². The third-order valence-corrected chi connectivity index (χ3v) is 2.36. The van der Waals surface area contributed by atoms with Crippen LogP contribution in [0, 0.1) is 0 Å². The monoisotopic (exact) mass is 199 g/mol. The third-order valence-electron chi connectivity index (χ3n) is 2.36. The van der Waals surface area contributed by atoms with Gasteiger partial charge >= 0.3 is 0 Å². The van der Waals surface area contributed by atoms with Crippen LogP contribution in [-0.4, -0.2) is 15.4 Å². The Hall–Kier alpha value is -2.10. The zero-order chi connectivity index (χ0) is 10.1. The van der Waals surface area contributed by atoms with E-state index in [0.29, 0.717) is 0 Å². The van der Waals surface area contributed by atoms with Crippen molar-refractivity contribution in [2.24, 2.45) is 0 Å². The van der Waals surface area contributed by atoms with E-state index in [4.69, 9.17) is 0 Å². The van der Waals surface area contributed by atoms with Gasteiger partial charge < -0.3 is 9.51 Å². The Kier molecular flexibility index (Phi) is 1.78. The van der Waals surface area contributed by atoms with Crippen LogP contribution in [0.3, 0.4) is 0 Å². The van der Waals surface area contributed by atoms with Crippen molar-refractivity contribution in [1.29, 1.82) is 0 Å². The molecule has 0 saturated heterocycles. The Morgan fingerprint density at radius 2 is 2.20 bits per heavy atom. The number of nitrogens with zero attached hydrogens (tertiary/aromatic N) is 2. The van der Waals surface area contributed by atoms with Crippen LogP contribution >= 0.6 is 0 Å². The van der Waals surface area contributed by atoms with Crippen LogP contribution in [0.5, 0.6) is 0 Å². The highest BCUT2D eigenvalue weighted by Crippen LogP contribution is 2.16. The SMILES string of the molecule is c1ccc2[nH]c(Cc3conn3)cc2c1. The number of aromatic amines is 1. The zero-order valence-electron chi connectivity index (χ0n) is 7.97. The van der Waals surface area contributed by atoms with Gasteiger partial charge in [0.1, 0.15) is 12.0 Å². The number of H-pyrrole nitrogens is 1. The van der Waals surface area contributed by atoms with Crippen molar-refractivity contribution in [3.8, 4) is 0 Å². The summed E-state index contributed by atoms with van der Waals surface area (Å²) in [6.07, 6.45) is 2.28. The zero-order valence-corrected chi connectivity index (χ0v) is 7.97. The molecule has 74 valence electrons. The molecule has 3 aromatic rings. The van der Waals surface area contributed by atoms with Crippen LogP contribution < -0.4 is 0 Å². The van der Waals surface area contributed by atoms with Gasteiger partial charge in [0, 0.05) is 22.9 Å². The highest BCUT2D eigenvalue weighted by molar-refractivity contribution is 5.80. The number of hydrogen-bond acceptors (Lipinski definition) is 3. The van der Waals surface area contributed by atoms with Crippen molar-refractivity contribution in [3.05, 3.63) is 48.0 Å². The number of benzene rings is 1. The van der Waals surface area contributed by atoms with Crippen molar-refractivity contribution >= 4 is 10.9 Å². The molecule has 0 fully saturated rings. The van der Waals surface area contributed by atoms with Gasteiger partial charge in [-0.3, -0.25) is 0 Å². The Balaban J connectivity index is 1.98. The second-order valence-corrected chi connectivity index (χ2v) is 3.45. The third kappa shape index (κ3) is 1.50. The lowest BCUT2D eigenvalue weighted by Gasteiger charge is -1.89. The fourth-order valence-electron chi connectivity index (χ4n) is 1.68. The van der Waals surface area contributed by atoms with Gasteiger partial charge in [-0.15, -0.1) is 5.10 Å². The van der Waals surface area contributed by atoms with Crippen LogP contribution in [0.25, 0.3) is 10.9 Å². The molecule has 0 radical (unpaired) electrons. The molecule has 1 aromatic carbocycles. The van der Waals surface area contributed by atoms with Crippen LogP contribution in [0.1, 0.15) is 11.4 Å². The first-order valence-electron chi connectivity index (χ1n) is 4.74. The molecule has 0 atom stereocenters. The van der Waals surface area contributed by atoms with Crippen molar-refractivity contribution in [1.82, 2.24) is 15.4 Å². The fraction of sp³-hybridized carbons (Fsp3) is 0.0909. The summed E-state index contributed by atoms with van der Waals surface area (Å²) in [5.41, 5.74) is 3.09. The van der Waals surface area contributed by atoms with Gasteiger partial charge in [-0.25, -0.2) is 0 Å². The van der Waals surface area contributed by atoms with Crippen LogP contribution in [0.4, 0.5) is 0 Å². The molecule has 2 heterocycles. The van der Waals surface area contributed by atoms with E-state index in [1.807, 2.05) is 12.1 Å². The average Bonchev–Trinajstić information content (AvgIpc) is 2.86. The standard InChI is InChI=1S/C11H9N3O/c1-2-4-11-8(3-1)5-9(12-11)6-10-7-15-14-13-10/h1-5,7,12H,6H2. The number of aromatic nitrogens is 3. The number of para-hydroxylation sites is 1. The second-order valence-electron chi connectivity index (χ2n) is 3.45. The number of fused-ring (bicyclic) bond motifs is 1. The molecular weight excluding hydrogens is 190 g/mol. The maximum atomic E-state index is 4.69. The van der Waals surface area contributed by atoms with Crippen LogP contribution in [0.2, 0.25) is 0 Å². The summed E-state index contributed by atoms with van der Waals surface area (Å²) < 4.78 is 4.69. The number of hydrogen-bond donors (Lipinski definition) is 1. The van der Waals surface area contributed by atoms with Gasteiger partial charge in [-0.1, -0.05) is 18.2 Å². The summed E-state index contributed by atoms with van der Waals surface area (Å²) in [6, 6.07) is 10.3. The van der Waals surface area contributed by atoms with Crippen molar-refractivity contribution in [2.75, 3.05) is 0 Å². The molecule has 0 amide bonds. The van der Waals surface area contributed by atoms with Crippen LogP contribution in [-0.2, 0) is 6.42 Å². The van der Waals surface area contributed by atoms with Gasteiger partial charge in [0.05, 0.1) is 0 Å². The molecule has 2 aromatic heterocycles. The minimum absolute atomic E-state index is 0.720. The smallest absolute Gasteiger partial charge is 0.147 e. The lowest BCUT2D eigenvalue weighted by Crippen LogP contribution is -1.87. The van der Waals surface area contributed by atoms with E-state index in [1.54, 1.807) is 6.26 Å². The molecule has 0 aliphatic carbocycles. The summed E-state index contributed by atoms with van der Waals surface area (Å²) in [7, 11) is 0. The first-order chi connectivity index (χ1) is 7.42. The summed E-state index contributed by atoms with van der Waals surface area (Å²) >= 11 is 0. The lowest BCUT2D eigenvalue weighted by molar-refractivity contribution is 0.392. The van der Waals surface area contributed by atoms with E-state index in [-0.39, 0.29) is 0 Å². The maximum Gasteiger partial charge on any atom is 0.147 e. The first kappa shape index (κ1) is 8.23. The van der Waals surface area contributed by atoms with E-state index in [0.717, 1.165) is 23.3 Å². The summed E-state index contributed by atoms with van der Waals surface area (Å²) in [6.45, 7) is 0. The molecule has 4 heteroatoms. The molecule has 0 saturated carbocycles. The summed E-state index contributed by atoms with van der Waals surface area (Å²) in [4.78, 5) is 3.32. The number of nitrogens with one attached hydrogen (secondary N) is 1. The van der Waals surface area contributed by atoms with E-state index in [2.05, 4.69) is 38.1 Å². The maximum absolute atomic E-state index is 4.69. The molecule has 0 spiro atoms. The van der Waals surface area contributed by atoms with Crippen molar-refractivity contribution in [2.45, 2.75) is 6.42 Å². The first-order valence-corrected chi connectivity index (χ1v) is 4.74. The normalized spacial score (nSPS) is 10.9. The molecule has 0 aliphatic heterocycles. The van der Waals surface area contributed by atoms with E-state index < -0.39 is 0 Å². The molecule has 3 rings (SSSR count). The van der Waals surface area contributed by atoms with Crippen molar-refractivity contribution in [3.63, 3.8) is 0 Å². The van der Waals surface area contributed by atoms with Crippen molar-refractivity contribution < 1.29 is 4.52 Å². The molecule has 4 nitrogen and oxygen atoms in total. The molecule has 0 bridgehead atoms. The Bertz CT molecular complexity index is 535. The van der Waals surface area contributed by atoms with Gasteiger partial charge in [-0.05, 0) is 17.5 Å².